The third-order valence-electron chi connectivity index (χ3n) is 6.73. The molecule has 0 aromatic heterocycles. The zero-order chi connectivity index (χ0) is 18.1. The second-order valence-corrected chi connectivity index (χ2v) is 7.54. The van der Waals surface area contributed by atoms with Crippen LogP contribution in [0.1, 0.15) is 35.1 Å². The van der Waals surface area contributed by atoms with Crippen molar-refractivity contribution >= 4 is 11.6 Å². The van der Waals surface area contributed by atoms with Crippen molar-refractivity contribution in [2.45, 2.75) is 24.4 Å². The van der Waals surface area contributed by atoms with Crippen molar-refractivity contribution in [2.75, 3.05) is 7.11 Å². The molecule has 0 saturated heterocycles. The Hall–Kier alpha value is -2.52. The van der Waals surface area contributed by atoms with E-state index in [-0.39, 0.29) is 29.5 Å². The van der Waals surface area contributed by atoms with Gasteiger partial charge in [0.1, 0.15) is 0 Å². The molecule has 0 unspecified atom stereocenters. The lowest BCUT2D eigenvalue weighted by Crippen LogP contribution is -2.62. The van der Waals surface area contributed by atoms with Gasteiger partial charge in [0, 0.05) is 24.9 Å². The number of ketones is 2. The van der Waals surface area contributed by atoms with Gasteiger partial charge in [0.15, 0.2) is 11.6 Å². The van der Waals surface area contributed by atoms with E-state index in [9.17, 15) is 9.59 Å². The van der Waals surface area contributed by atoms with Gasteiger partial charge >= 0.3 is 0 Å². The number of carbonyl (C=O) groups excluding carboxylic acids is 2. The first-order chi connectivity index (χ1) is 12.6. The molecule has 0 spiro atoms. The fraction of sp³-hybridized carbons (Fsp3) is 0.304. The Morgan fingerprint density at radius 3 is 2.00 bits per heavy atom. The third-order valence-corrected chi connectivity index (χ3v) is 6.73. The Labute approximate surface area is 152 Å². The highest BCUT2D eigenvalue weighted by molar-refractivity contribution is 6.10. The standard InChI is InChI=1S/C23H20O3/c1-13(26-2)23-16-9-5-3-7-14(16)20(15-8-4-6-10-17(15)23)21-18(24)11-12-19(25)22(21)23/h3-13,20-22H,1-2H3/t13-,20?,21-,22-,23?/m0/s1. The molecule has 0 fully saturated rings. The van der Waals surface area contributed by atoms with Gasteiger partial charge in [-0.25, -0.2) is 0 Å². The first-order valence-electron chi connectivity index (χ1n) is 9.09. The van der Waals surface area contributed by atoms with E-state index in [1.54, 1.807) is 7.11 Å². The number of hydrogen-bond donors (Lipinski definition) is 0. The molecule has 0 heterocycles. The summed E-state index contributed by atoms with van der Waals surface area (Å²) in [6.45, 7) is 2.02. The zero-order valence-corrected chi connectivity index (χ0v) is 14.8. The fourth-order valence-electron chi connectivity index (χ4n) is 5.79. The first-order valence-corrected chi connectivity index (χ1v) is 9.09. The summed E-state index contributed by atoms with van der Waals surface area (Å²) in [4.78, 5) is 26.1. The first kappa shape index (κ1) is 15.7. The number of allylic oxidation sites excluding steroid dienone is 2. The molecule has 2 aromatic rings. The van der Waals surface area contributed by atoms with Gasteiger partial charge in [-0.3, -0.25) is 9.59 Å². The molecule has 0 N–H and O–H groups in total. The maximum atomic E-state index is 13.1. The molecule has 26 heavy (non-hydrogen) atoms. The fourth-order valence-corrected chi connectivity index (χ4v) is 5.79. The normalized spacial score (nSPS) is 32.0. The molecule has 2 aromatic carbocycles. The van der Waals surface area contributed by atoms with Crippen LogP contribution in [0.15, 0.2) is 60.7 Å². The van der Waals surface area contributed by atoms with Crippen LogP contribution in [-0.4, -0.2) is 24.8 Å². The van der Waals surface area contributed by atoms with E-state index in [1.807, 2.05) is 31.2 Å². The number of hydrogen-bond acceptors (Lipinski definition) is 3. The summed E-state index contributed by atoms with van der Waals surface area (Å²) in [5, 5.41) is 0. The van der Waals surface area contributed by atoms with E-state index in [2.05, 4.69) is 24.3 Å². The van der Waals surface area contributed by atoms with Gasteiger partial charge in [-0.2, -0.15) is 0 Å². The van der Waals surface area contributed by atoms with Crippen molar-refractivity contribution in [1.29, 1.82) is 0 Å². The van der Waals surface area contributed by atoms with Gasteiger partial charge in [-0.1, -0.05) is 48.5 Å². The van der Waals surface area contributed by atoms with Crippen LogP contribution in [0.4, 0.5) is 0 Å². The predicted octanol–water partition coefficient (Wildman–Crippen LogP) is 3.41. The molecule has 3 heteroatoms. The topological polar surface area (TPSA) is 43.4 Å². The van der Waals surface area contributed by atoms with Crippen LogP contribution in [0.2, 0.25) is 0 Å². The van der Waals surface area contributed by atoms with Gasteiger partial charge < -0.3 is 4.74 Å². The Morgan fingerprint density at radius 1 is 0.885 bits per heavy atom. The average Bonchev–Trinajstić information content (AvgIpc) is 2.69. The number of ether oxygens (including phenoxy) is 1. The van der Waals surface area contributed by atoms with Crippen LogP contribution in [0.5, 0.6) is 0 Å². The van der Waals surface area contributed by atoms with E-state index < -0.39 is 11.3 Å². The number of methoxy groups -OCH3 is 1. The van der Waals surface area contributed by atoms with Crippen molar-refractivity contribution in [2.24, 2.45) is 11.8 Å². The van der Waals surface area contributed by atoms with E-state index in [0.717, 1.165) is 22.3 Å². The Balaban J connectivity index is 1.96. The molecule has 2 bridgehead atoms. The molecule has 6 rings (SSSR count). The van der Waals surface area contributed by atoms with Crippen molar-refractivity contribution < 1.29 is 14.3 Å². The number of benzene rings is 2. The van der Waals surface area contributed by atoms with Gasteiger partial charge in [-0.05, 0) is 41.3 Å². The van der Waals surface area contributed by atoms with Gasteiger partial charge in [0.05, 0.1) is 11.5 Å². The minimum absolute atomic E-state index is 0.0347. The molecule has 3 nitrogen and oxygen atoms in total. The smallest absolute Gasteiger partial charge is 0.160 e. The van der Waals surface area contributed by atoms with E-state index >= 15 is 0 Å². The van der Waals surface area contributed by atoms with Crippen LogP contribution >= 0.6 is 0 Å². The van der Waals surface area contributed by atoms with Crippen LogP contribution in [-0.2, 0) is 19.7 Å². The van der Waals surface area contributed by atoms with Crippen molar-refractivity contribution in [3.63, 3.8) is 0 Å². The van der Waals surface area contributed by atoms with Crippen LogP contribution in [0, 0.1) is 11.8 Å². The largest absolute Gasteiger partial charge is 0.380 e. The summed E-state index contributed by atoms with van der Waals surface area (Å²) < 4.78 is 5.87. The summed E-state index contributed by atoms with van der Waals surface area (Å²) in [7, 11) is 1.69. The van der Waals surface area contributed by atoms with Crippen LogP contribution in [0.25, 0.3) is 0 Å². The van der Waals surface area contributed by atoms with Crippen LogP contribution < -0.4 is 0 Å². The highest BCUT2D eigenvalue weighted by atomic mass is 16.5. The second kappa shape index (κ2) is 5.24. The Morgan fingerprint density at radius 2 is 1.42 bits per heavy atom. The zero-order valence-electron chi connectivity index (χ0n) is 14.8. The predicted molar refractivity (Wildman–Crippen MR) is 98.1 cm³/mol. The SMILES string of the molecule is CO[C@@H](C)C12c3ccccc3C(c3ccccc31)[C@@H]1C(=O)C=CC(=O)[C@@H]12. The van der Waals surface area contributed by atoms with Gasteiger partial charge in [0.2, 0.25) is 0 Å². The molecule has 0 radical (unpaired) electrons. The van der Waals surface area contributed by atoms with E-state index in [1.165, 1.54) is 12.2 Å². The van der Waals surface area contributed by atoms with Crippen molar-refractivity contribution in [3.05, 3.63) is 82.9 Å². The minimum Gasteiger partial charge on any atom is -0.380 e. The molecule has 0 saturated carbocycles. The molecular weight excluding hydrogens is 324 g/mol. The molecule has 0 amide bonds. The minimum atomic E-state index is -0.640. The molecule has 130 valence electrons. The van der Waals surface area contributed by atoms with Crippen LogP contribution in [0.3, 0.4) is 0 Å². The Kier molecular flexibility index (Phi) is 3.17. The maximum Gasteiger partial charge on any atom is 0.160 e. The number of carbonyl (C=O) groups is 2. The van der Waals surface area contributed by atoms with E-state index in [4.69, 9.17) is 4.74 Å². The van der Waals surface area contributed by atoms with Crippen molar-refractivity contribution in [1.82, 2.24) is 0 Å². The van der Waals surface area contributed by atoms with Gasteiger partial charge in [-0.15, -0.1) is 0 Å². The highest BCUT2D eigenvalue weighted by Gasteiger charge is 2.65. The molecule has 0 aliphatic heterocycles. The number of rotatable bonds is 2. The Bertz CT molecular complexity index is 923. The summed E-state index contributed by atoms with van der Waals surface area (Å²) in [5.41, 5.74) is 3.95. The van der Waals surface area contributed by atoms with Gasteiger partial charge in [0.25, 0.3) is 0 Å². The maximum absolute atomic E-state index is 13.1. The summed E-state index contributed by atoms with van der Waals surface area (Å²) >= 11 is 0. The summed E-state index contributed by atoms with van der Waals surface area (Å²) in [5.74, 6) is -0.747. The highest BCUT2D eigenvalue weighted by Crippen LogP contribution is 2.64. The molecule has 4 aliphatic carbocycles. The summed E-state index contributed by atoms with van der Waals surface area (Å²) in [6, 6.07) is 16.5. The monoisotopic (exact) mass is 344 g/mol. The lowest BCUT2D eigenvalue weighted by molar-refractivity contribution is -0.136. The summed E-state index contributed by atoms with van der Waals surface area (Å²) in [6.07, 6.45) is 2.71. The third kappa shape index (κ3) is 1.62. The second-order valence-electron chi connectivity index (χ2n) is 7.54. The van der Waals surface area contributed by atoms with E-state index in [0.29, 0.717) is 0 Å². The lowest BCUT2D eigenvalue weighted by Gasteiger charge is -2.59. The molecular formula is C23H20O3. The lowest BCUT2D eigenvalue weighted by atomic mass is 9.43. The molecule has 3 atom stereocenters. The quantitative estimate of drug-likeness (QED) is 0.838. The van der Waals surface area contributed by atoms with Crippen molar-refractivity contribution in [3.8, 4) is 0 Å². The average molecular weight is 344 g/mol. The molecule has 4 aliphatic rings.